The number of oxazole rings is 1. The van der Waals surface area contributed by atoms with Crippen LogP contribution >= 0.6 is 0 Å². The number of nitrogens with one attached hydrogen (secondary N) is 1. The number of benzene rings is 2. The van der Waals surface area contributed by atoms with Crippen molar-refractivity contribution in [3.63, 3.8) is 0 Å². The number of carbonyl (C=O) groups is 1. The Balaban J connectivity index is 1.63. The van der Waals surface area contributed by atoms with E-state index in [-0.39, 0.29) is 11.8 Å². The molecule has 4 rings (SSSR count). The van der Waals surface area contributed by atoms with Crippen molar-refractivity contribution in [1.82, 2.24) is 9.97 Å². The third-order valence-corrected chi connectivity index (χ3v) is 4.68. The molecule has 0 radical (unpaired) electrons. The molecule has 5 heteroatoms. The van der Waals surface area contributed by atoms with Gasteiger partial charge in [-0.25, -0.2) is 4.98 Å². The number of anilines is 1. The van der Waals surface area contributed by atoms with E-state index in [0.717, 1.165) is 27.9 Å². The third-order valence-electron chi connectivity index (χ3n) is 4.68. The molecular formula is C23H21N3O2. The maximum Gasteiger partial charge on any atom is 0.255 e. The summed E-state index contributed by atoms with van der Waals surface area (Å²) >= 11 is 0. The highest BCUT2D eigenvalue weighted by Crippen LogP contribution is 2.26. The first-order chi connectivity index (χ1) is 13.5. The maximum absolute atomic E-state index is 12.9. The molecule has 0 unspecified atom stereocenters. The van der Waals surface area contributed by atoms with Crippen LogP contribution in [0.25, 0.3) is 22.4 Å². The second-order valence-corrected chi connectivity index (χ2v) is 7.04. The Morgan fingerprint density at radius 2 is 1.93 bits per heavy atom. The first kappa shape index (κ1) is 17.9. The van der Waals surface area contributed by atoms with Crippen molar-refractivity contribution in [2.24, 2.45) is 0 Å². The molecule has 0 bridgehead atoms. The van der Waals surface area contributed by atoms with Gasteiger partial charge < -0.3 is 9.73 Å². The van der Waals surface area contributed by atoms with Gasteiger partial charge in [-0.2, -0.15) is 0 Å². The second kappa shape index (κ2) is 7.27. The van der Waals surface area contributed by atoms with E-state index in [1.165, 1.54) is 0 Å². The van der Waals surface area contributed by atoms with Gasteiger partial charge in [0.25, 0.3) is 5.91 Å². The van der Waals surface area contributed by atoms with E-state index in [9.17, 15) is 4.79 Å². The van der Waals surface area contributed by atoms with Crippen LogP contribution in [0.3, 0.4) is 0 Å². The minimum Gasteiger partial charge on any atom is -0.440 e. The van der Waals surface area contributed by atoms with Crippen molar-refractivity contribution in [3.8, 4) is 11.3 Å². The number of hydrogen-bond acceptors (Lipinski definition) is 4. The molecule has 4 aromatic rings. The number of aromatic nitrogens is 2. The largest absolute Gasteiger partial charge is 0.440 e. The lowest BCUT2D eigenvalue weighted by molar-refractivity contribution is 0.102. The van der Waals surface area contributed by atoms with E-state index in [1.54, 1.807) is 6.20 Å². The van der Waals surface area contributed by atoms with Crippen molar-refractivity contribution in [2.45, 2.75) is 26.7 Å². The van der Waals surface area contributed by atoms with E-state index in [1.807, 2.05) is 75.4 Å². The van der Waals surface area contributed by atoms with E-state index in [4.69, 9.17) is 4.42 Å². The summed E-state index contributed by atoms with van der Waals surface area (Å²) in [5, 5.41) is 2.97. The van der Waals surface area contributed by atoms with Crippen LogP contribution in [-0.4, -0.2) is 15.9 Å². The van der Waals surface area contributed by atoms with Crippen LogP contribution in [0.5, 0.6) is 0 Å². The van der Waals surface area contributed by atoms with Crippen molar-refractivity contribution < 1.29 is 9.21 Å². The van der Waals surface area contributed by atoms with Crippen LogP contribution in [0.2, 0.25) is 0 Å². The van der Waals surface area contributed by atoms with Crippen molar-refractivity contribution in [3.05, 3.63) is 77.8 Å². The van der Waals surface area contributed by atoms with Crippen LogP contribution in [0.15, 0.2) is 65.2 Å². The zero-order valence-electron chi connectivity index (χ0n) is 16.1. The van der Waals surface area contributed by atoms with Crippen molar-refractivity contribution in [1.29, 1.82) is 0 Å². The summed E-state index contributed by atoms with van der Waals surface area (Å²) in [4.78, 5) is 21.8. The van der Waals surface area contributed by atoms with Crippen LogP contribution < -0.4 is 5.32 Å². The first-order valence-corrected chi connectivity index (χ1v) is 9.26. The molecule has 0 aliphatic carbocycles. The fraction of sp³-hybridized carbons (Fsp3) is 0.174. The number of fused-ring (bicyclic) bond motifs is 1. The van der Waals surface area contributed by atoms with Gasteiger partial charge in [0.2, 0.25) is 0 Å². The summed E-state index contributed by atoms with van der Waals surface area (Å²) in [6.07, 6.45) is 1.75. The Labute approximate surface area is 163 Å². The molecule has 2 aromatic carbocycles. The highest BCUT2D eigenvalue weighted by molar-refractivity contribution is 6.06. The highest BCUT2D eigenvalue weighted by Gasteiger charge is 2.15. The number of nitrogens with zero attached hydrogens (tertiary/aromatic N) is 2. The number of rotatable bonds is 4. The summed E-state index contributed by atoms with van der Waals surface area (Å²) in [6.45, 7) is 6.00. The topological polar surface area (TPSA) is 68.0 Å². The van der Waals surface area contributed by atoms with Crippen LogP contribution in [-0.2, 0) is 0 Å². The molecule has 0 saturated carbocycles. The van der Waals surface area contributed by atoms with Crippen LogP contribution in [0.4, 0.5) is 5.69 Å². The predicted molar refractivity (Wildman–Crippen MR) is 110 cm³/mol. The standard InChI is InChI=1S/C23H21N3O2/c1-14(2)23-26-20-13-16(10-11-21(20)28-23)25-22(27)18-8-6-7-17(15(18)3)19-9-4-5-12-24-19/h4-14H,1-3H3,(H,25,27). The van der Waals surface area contributed by atoms with Gasteiger partial charge in [-0.15, -0.1) is 0 Å². The Morgan fingerprint density at radius 3 is 2.68 bits per heavy atom. The molecule has 5 nitrogen and oxygen atoms in total. The summed E-state index contributed by atoms with van der Waals surface area (Å²) in [6, 6.07) is 16.9. The average molecular weight is 371 g/mol. The Kier molecular flexibility index (Phi) is 4.65. The van der Waals surface area contributed by atoms with Gasteiger partial charge in [0, 0.05) is 28.9 Å². The molecule has 0 saturated heterocycles. The molecule has 1 amide bonds. The predicted octanol–water partition coefficient (Wildman–Crippen LogP) is 5.57. The Morgan fingerprint density at radius 1 is 1.07 bits per heavy atom. The molecule has 2 aromatic heterocycles. The van der Waals surface area contributed by atoms with Crippen molar-refractivity contribution in [2.75, 3.05) is 5.32 Å². The number of carbonyl (C=O) groups excluding carboxylic acids is 1. The second-order valence-electron chi connectivity index (χ2n) is 7.04. The smallest absolute Gasteiger partial charge is 0.255 e. The summed E-state index contributed by atoms with van der Waals surface area (Å²) < 4.78 is 5.73. The van der Waals surface area contributed by atoms with Crippen molar-refractivity contribution >= 4 is 22.7 Å². The van der Waals surface area contributed by atoms with Crippen LogP contribution in [0.1, 0.15) is 41.6 Å². The molecule has 0 aliphatic heterocycles. The van der Waals surface area contributed by atoms with Gasteiger partial charge in [0.15, 0.2) is 11.5 Å². The highest BCUT2D eigenvalue weighted by atomic mass is 16.3. The number of pyridine rings is 1. The van der Waals surface area contributed by atoms with E-state index >= 15 is 0 Å². The molecule has 0 atom stereocenters. The van der Waals surface area contributed by atoms with Gasteiger partial charge in [-0.1, -0.05) is 32.0 Å². The molecule has 2 heterocycles. The fourth-order valence-corrected chi connectivity index (χ4v) is 3.15. The van der Waals surface area contributed by atoms with Gasteiger partial charge in [0.1, 0.15) is 5.52 Å². The molecule has 1 N–H and O–H groups in total. The Bertz CT molecular complexity index is 1150. The zero-order chi connectivity index (χ0) is 19.7. The molecule has 140 valence electrons. The maximum atomic E-state index is 12.9. The van der Waals surface area contributed by atoms with E-state index in [0.29, 0.717) is 17.1 Å². The lowest BCUT2D eigenvalue weighted by Crippen LogP contribution is -2.13. The molecule has 0 spiro atoms. The first-order valence-electron chi connectivity index (χ1n) is 9.26. The monoisotopic (exact) mass is 371 g/mol. The molecular weight excluding hydrogens is 350 g/mol. The Hall–Kier alpha value is -3.47. The number of amides is 1. The molecule has 0 fully saturated rings. The van der Waals surface area contributed by atoms with Crippen LogP contribution in [0, 0.1) is 6.92 Å². The minimum atomic E-state index is -0.165. The van der Waals surface area contributed by atoms with E-state index < -0.39 is 0 Å². The van der Waals surface area contributed by atoms with E-state index in [2.05, 4.69) is 15.3 Å². The molecule has 28 heavy (non-hydrogen) atoms. The van der Waals surface area contributed by atoms with Gasteiger partial charge in [-0.3, -0.25) is 9.78 Å². The normalized spacial score (nSPS) is 11.1. The fourth-order valence-electron chi connectivity index (χ4n) is 3.15. The lowest BCUT2D eigenvalue weighted by Gasteiger charge is -2.11. The van der Waals surface area contributed by atoms with Gasteiger partial charge in [-0.05, 0) is 48.9 Å². The number of hydrogen-bond donors (Lipinski definition) is 1. The summed E-state index contributed by atoms with van der Waals surface area (Å²) in [5.74, 6) is 0.738. The minimum absolute atomic E-state index is 0.165. The third kappa shape index (κ3) is 3.39. The van der Waals surface area contributed by atoms with Gasteiger partial charge in [0.05, 0.1) is 5.69 Å². The zero-order valence-corrected chi connectivity index (χ0v) is 16.1. The van der Waals surface area contributed by atoms with Gasteiger partial charge >= 0.3 is 0 Å². The lowest BCUT2D eigenvalue weighted by atomic mass is 9.99. The summed E-state index contributed by atoms with van der Waals surface area (Å²) in [5.41, 5.74) is 5.44. The average Bonchev–Trinajstić information content (AvgIpc) is 3.12. The quantitative estimate of drug-likeness (QED) is 0.509. The molecule has 0 aliphatic rings. The SMILES string of the molecule is Cc1c(C(=O)Nc2ccc3oc(C(C)C)nc3c2)cccc1-c1ccccn1. The summed E-state index contributed by atoms with van der Waals surface area (Å²) in [7, 11) is 0.